The van der Waals surface area contributed by atoms with Crippen LogP contribution in [0.1, 0.15) is 38.4 Å². The second-order valence-electron chi connectivity index (χ2n) is 9.54. The summed E-state index contributed by atoms with van der Waals surface area (Å²) in [5.41, 5.74) is 0.628. The zero-order chi connectivity index (χ0) is 28.4. The molecule has 1 aliphatic heterocycles. The lowest BCUT2D eigenvalue weighted by Gasteiger charge is -2.33. The standard InChI is InChI=1S/C27H24F3N7O2S/c1-35(2)9-5-8-25(38)36-12-21(20-10-17(11-31)40-23(20)14-36)18-6-3-4-7-19(18)22-13-37(15-24-33-32-16-39-24)34-26(22)27(28,29)30/h3-8,10,13,16,21H,9,12,14-15H2,1-2H3/b8-5+/t21-/m0/s1. The number of carbonyl (C=O) groups excluding carboxylic acids is 1. The van der Waals surface area contributed by atoms with Gasteiger partial charge in [0.25, 0.3) is 0 Å². The summed E-state index contributed by atoms with van der Waals surface area (Å²) >= 11 is 1.29. The Hall–Kier alpha value is -4.28. The number of hydrogen-bond donors (Lipinski definition) is 0. The summed E-state index contributed by atoms with van der Waals surface area (Å²) in [6.07, 6.45) is 0.964. The Morgan fingerprint density at radius 1 is 1.27 bits per heavy atom. The molecule has 1 aliphatic rings. The molecule has 1 atom stereocenters. The van der Waals surface area contributed by atoms with Crippen LogP contribution >= 0.6 is 11.3 Å². The maximum absolute atomic E-state index is 14.2. The zero-order valence-electron chi connectivity index (χ0n) is 21.6. The molecule has 1 amide bonds. The van der Waals surface area contributed by atoms with Gasteiger partial charge in [0.1, 0.15) is 17.5 Å². The van der Waals surface area contributed by atoms with Crippen LogP contribution in [0.3, 0.4) is 0 Å². The smallest absolute Gasteiger partial charge is 0.426 e. The first kappa shape index (κ1) is 27.3. The lowest BCUT2D eigenvalue weighted by atomic mass is 9.83. The average Bonchev–Trinajstić information content (AvgIpc) is 3.67. The van der Waals surface area contributed by atoms with Crippen molar-refractivity contribution in [3.8, 4) is 17.2 Å². The van der Waals surface area contributed by atoms with Crippen molar-refractivity contribution in [3.05, 3.63) is 87.5 Å². The molecule has 4 heterocycles. The molecule has 40 heavy (non-hydrogen) atoms. The highest BCUT2D eigenvalue weighted by atomic mass is 32.1. The van der Waals surface area contributed by atoms with E-state index in [-0.39, 0.29) is 30.5 Å². The molecule has 0 unspecified atom stereocenters. The van der Waals surface area contributed by atoms with Gasteiger partial charge in [0.15, 0.2) is 5.69 Å². The molecule has 4 aromatic rings. The van der Waals surface area contributed by atoms with E-state index in [1.165, 1.54) is 23.6 Å². The van der Waals surface area contributed by atoms with Crippen molar-refractivity contribution in [2.45, 2.75) is 25.2 Å². The molecule has 0 fully saturated rings. The van der Waals surface area contributed by atoms with Crippen LogP contribution in [0.2, 0.25) is 0 Å². The molecule has 9 nitrogen and oxygen atoms in total. The number of aromatic nitrogens is 4. The van der Waals surface area contributed by atoms with E-state index >= 15 is 0 Å². The molecule has 206 valence electrons. The van der Waals surface area contributed by atoms with Crippen molar-refractivity contribution in [1.82, 2.24) is 29.8 Å². The highest BCUT2D eigenvalue weighted by Gasteiger charge is 2.39. The third-order valence-electron chi connectivity index (χ3n) is 6.47. The normalized spacial score (nSPS) is 15.5. The second kappa shape index (κ2) is 11.1. The lowest BCUT2D eigenvalue weighted by Crippen LogP contribution is -2.37. The SMILES string of the molecule is CN(C)C/C=C/C(=O)N1Cc2sc(C#N)cc2[C@H](c2ccccc2-c2cn(Cc3nnco3)nc2C(F)(F)F)C1. The molecule has 5 rings (SSSR count). The number of carbonyl (C=O) groups is 1. The average molecular weight is 568 g/mol. The maximum atomic E-state index is 14.2. The van der Waals surface area contributed by atoms with Gasteiger partial charge in [0.2, 0.25) is 18.2 Å². The summed E-state index contributed by atoms with van der Waals surface area (Å²) in [5, 5.41) is 20.7. The van der Waals surface area contributed by atoms with Crippen LogP contribution in [-0.4, -0.2) is 62.9 Å². The Kier molecular flexibility index (Phi) is 7.55. The minimum absolute atomic E-state index is 0.103. The minimum atomic E-state index is -4.73. The van der Waals surface area contributed by atoms with E-state index in [4.69, 9.17) is 4.42 Å². The minimum Gasteiger partial charge on any atom is -0.426 e. The predicted octanol–water partition coefficient (Wildman–Crippen LogP) is 4.53. The van der Waals surface area contributed by atoms with Gasteiger partial charge < -0.3 is 14.2 Å². The number of rotatable bonds is 7. The Balaban J connectivity index is 1.58. The fraction of sp³-hybridized carbons (Fsp3) is 0.296. The van der Waals surface area contributed by atoms with Crippen molar-refractivity contribution in [2.75, 3.05) is 27.2 Å². The lowest BCUT2D eigenvalue weighted by molar-refractivity contribution is -0.141. The number of likely N-dealkylation sites (N-methyl/N-ethyl adjacent to an activating group) is 1. The maximum Gasteiger partial charge on any atom is 0.435 e. The van der Waals surface area contributed by atoms with Gasteiger partial charge in [-0.15, -0.1) is 21.5 Å². The molecule has 0 saturated carbocycles. The number of fused-ring (bicyclic) bond motifs is 1. The number of nitriles is 1. The van der Waals surface area contributed by atoms with Gasteiger partial charge in [-0.25, -0.2) is 0 Å². The first-order valence-electron chi connectivity index (χ1n) is 12.3. The monoisotopic (exact) mass is 567 g/mol. The van der Waals surface area contributed by atoms with E-state index in [1.807, 2.05) is 19.0 Å². The van der Waals surface area contributed by atoms with Gasteiger partial charge in [-0.05, 0) is 36.9 Å². The van der Waals surface area contributed by atoms with E-state index in [0.29, 0.717) is 29.1 Å². The quantitative estimate of drug-likeness (QED) is 0.303. The van der Waals surface area contributed by atoms with Crippen molar-refractivity contribution in [1.29, 1.82) is 5.26 Å². The van der Waals surface area contributed by atoms with E-state index in [1.54, 1.807) is 41.3 Å². The Morgan fingerprint density at radius 3 is 2.77 bits per heavy atom. The third-order valence-corrected chi connectivity index (χ3v) is 7.51. The molecule has 0 saturated heterocycles. The number of halogens is 3. The molecule has 0 N–H and O–H groups in total. The summed E-state index contributed by atoms with van der Waals surface area (Å²) in [7, 11) is 3.78. The van der Waals surface area contributed by atoms with Crippen LogP contribution in [0.15, 0.2) is 59.5 Å². The Labute approximate surface area is 231 Å². The summed E-state index contributed by atoms with van der Waals surface area (Å²) in [6.45, 7) is 1.02. The van der Waals surface area contributed by atoms with Crippen molar-refractivity contribution >= 4 is 17.2 Å². The van der Waals surface area contributed by atoms with Crippen LogP contribution in [0.4, 0.5) is 13.2 Å². The van der Waals surface area contributed by atoms with Crippen LogP contribution in [0, 0.1) is 11.3 Å². The molecule has 13 heteroatoms. The molecule has 0 radical (unpaired) electrons. The largest absolute Gasteiger partial charge is 0.435 e. The number of nitrogens with zero attached hydrogens (tertiary/aromatic N) is 7. The fourth-order valence-corrected chi connectivity index (χ4v) is 5.77. The first-order chi connectivity index (χ1) is 19.1. The van der Waals surface area contributed by atoms with Crippen LogP contribution in [0.25, 0.3) is 11.1 Å². The van der Waals surface area contributed by atoms with Gasteiger partial charge in [0, 0.05) is 41.7 Å². The molecule has 3 aromatic heterocycles. The number of thiophene rings is 1. The second-order valence-corrected chi connectivity index (χ2v) is 10.7. The molecule has 0 spiro atoms. The molecular weight excluding hydrogens is 543 g/mol. The zero-order valence-corrected chi connectivity index (χ0v) is 22.4. The topological polar surface area (TPSA) is 104 Å². The molecule has 0 bridgehead atoms. The van der Waals surface area contributed by atoms with Gasteiger partial charge in [0.05, 0.1) is 6.54 Å². The summed E-state index contributed by atoms with van der Waals surface area (Å²) in [5.74, 6) is -0.540. The van der Waals surface area contributed by atoms with Gasteiger partial charge in [-0.2, -0.15) is 23.5 Å². The predicted molar refractivity (Wildman–Crippen MR) is 140 cm³/mol. The van der Waals surface area contributed by atoms with Gasteiger partial charge >= 0.3 is 6.18 Å². The van der Waals surface area contributed by atoms with E-state index in [2.05, 4.69) is 21.4 Å². The Bertz CT molecular complexity index is 1580. The van der Waals surface area contributed by atoms with Crippen LogP contribution in [0.5, 0.6) is 0 Å². The highest BCUT2D eigenvalue weighted by molar-refractivity contribution is 7.12. The number of hydrogen-bond acceptors (Lipinski definition) is 8. The summed E-state index contributed by atoms with van der Waals surface area (Å²) < 4.78 is 48.8. The fourth-order valence-electron chi connectivity index (χ4n) is 4.73. The number of alkyl halides is 3. The van der Waals surface area contributed by atoms with Crippen molar-refractivity contribution < 1.29 is 22.4 Å². The number of amides is 1. The molecule has 1 aromatic carbocycles. The van der Waals surface area contributed by atoms with E-state index in [0.717, 1.165) is 21.5 Å². The first-order valence-corrected chi connectivity index (χ1v) is 13.1. The van der Waals surface area contributed by atoms with Crippen LogP contribution in [-0.2, 0) is 24.1 Å². The summed E-state index contributed by atoms with van der Waals surface area (Å²) in [6, 6.07) is 10.7. The summed E-state index contributed by atoms with van der Waals surface area (Å²) in [4.78, 5) is 18.0. The van der Waals surface area contributed by atoms with Gasteiger partial charge in [-0.1, -0.05) is 30.3 Å². The van der Waals surface area contributed by atoms with E-state index in [9.17, 15) is 23.2 Å². The number of benzene rings is 1. The molecule has 0 aliphatic carbocycles. The molecular formula is C27H24F3N7O2S. The van der Waals surface area contributed by atoms with Crippen LogP contribution < -0.4 is 0 Å². The third kappa shape index (κ3) is 5.68. The van der Waals surface area contributed by atoms with Gasteiger partial charge in [-0.3, -0.25) is 9.48 Å². The highest BCUT2D eigenvalue weighted by Crippen LogP contribution is 2.44. The Morgan fingerprint density at radius 2 is 2.08 bits per heavy atom. The van der Waals surface area contributed by atoms with Crippen molar-refractivity contribution in [2.24, 2.45) is 0 Å². The van der Waals surface area contributed by atoms with E-state index < -0.39 is 17.8 Å². The van der Waals surface area contributed by atoms with Crippen molar-refractivity contribution in [3.63, 3.8) is 0 Å².